The number of benzene rings is 1. The van der Waals surface area contributed by atoms with Crippen LogP contribution in [0.4, 0.5) is 31.9 Å². The molecule has 8 nitrogen and oxygen atoms in total. The van der Waals surface area contributed by atoms with Gasteiger partial charge in [0.05, 0.1) is 17.6 Å². The van der Waals surface area contributed by atoms with Crippen molar-refractivity contribution in [3.8, 4) is 11.3 Å². The summed E-state index contributed by atoms with van der Waals surface area (Å²) in [6, 6.07) is 7.25. The van der Waals surface area contributed by atoms with Crippen LogP contribution in [0.5, 0.6) is 0 Å². The molecule has 10 heteroatoms. The number of piperazine rings is 1. The third-order valence-electron chi connectivity index (χ3n) is 7.43. The summed E-state index contributed by atoms with van der Waals surface area (Å²) in [4.78, 5) is 21.9. The van der Waals surface area contributed by atoms with Crippen molar-refractivity contribution in [2.75, 3.05) is 68.0 Å². The zero-order valence-electron chi connectivity index (χ0n) is 22.6. The zero-order valence-corrected chi connectivity index (χ0v) is 22.6. The quantitative estimate of drug-likeness (QED) is 0.491. The van der Waals surface area contributed by atoms with E-state index in [0.717, 1.165) is 69.8 Å². The first-order valence-corrected chi connectivity index (χ1v) is 13.3. The molecule has 1 N–H and O–H groups in total. The van der Waals surface area contributed by atoms with Crippen molar-refractivity contribution >= 4 is 23.1 Å². The molecule has 1 fully saturated rings. The first-order valence-electron chi connectivity index (χ1n) is 13.3. The van der Waals surface area contributed by atoms with Gasteiger partial charge in [-0.15, -0.1) is 0 Å². The van der Waals surface area contributed by atoms with E-state index in [9.17, 15) is 4.39 Å². The molecule has 38 heavy (non-hydrogen) atoms. The van der Waals surface area contributed by atoms with Crippen molar-refractivity contribution in [3.63, 3.8) is 0 Å². The van der Waals surface area contributed by atoms with E-state index in [2.05, 4.69) is 55.7 Å². The number of fused-ring (bicyclic) bond motifs is 1. The van der Waals surface area contributed by atoms with Crippen molar-refractivity contribution in [3.05, 3.63) is 53.9 Å². The number of aromatic nitrogens is 3. The van der Waals surface area contributed by atoms with Gasteiger partial charge in [-0.2, -0.15) is 0 Å². The van der Waals surface area contributed by atoms with Gasteiger partial charge in [-0.1, -0.05) is 13.0 Å². The molecule has 0 radical (unpaired) electrons. The second-order valence-corrected chi connectivity index (χ2v) is 10.3. The highest BCUT2D eigenvalue weighted by Crippen LogP contribution is 2.39. The van der Waals surface area contributed by atoms with E-state index in [4.69, 9.17) is 0 Å². The molecular weight excluding hydrogens is 486 g/mol. The molecule has 4 heterocycles. The lowest BCUT2D eigenvalue weighted by molar-refractivity contribution is 0.132. The van der Waals surface area contributed by atoms with Gasteiger partial charge in [0.1, 0.15) is 17.3 Å². The maximum atomic E-state index is 15.3. The van der Waals surface area contributed by atoms with Crippen molar-refractivity contribution in [1.29, 1.82) is 0 Å². The average molecular weight is 523 g/mol. The fraction of sp³-hybridized carbons (Fsp3) is 0.464. The standard InChI is InChI=1S/C28H36F2N8/c1-5-36-9-11-37(12-10-36)18-20-6-7-25(31-16-20)33-28-32-17-23(30)26(34-28)21-14-22(29)27-24(15-21)38(19(2)3)13-8-35(27)4/h6-7,14-17,19H,5,8-13,18H2,1-4H3,(H,31,32,33,34). The minimum absolute atomic E-state index is 0.0453. The summed E-state index contributed by atoms with van der Waals surface area (Å²) < 4.78 is 30.2. The van der Waals surface area contributed by atoms with Crippen molar-refractivity contribution in [2.45, 2.75) is 33.4 Å². The van der Waals surface area contributed by atoms with E-state index in [1.165, 1.54) is 6.07 Å². The van der Waals surface area contributed by atoms with Crippen LogP contribution < -0.4 is 15.1 Å². The van der Waals surface area contributed by atoms with Gasteiger partial charge in [-0.3, -0.25) is 4.90 Å². The molecule has 0 atom stereocenters. The van der Waals surface area contributed by atoms with E-state index >= 15 is 4.39 Å². The molecular formula is C28H36F2N8. The van der Waals surface area contributed by atoms with Gasteiger partial charge in [-0.05, 0) is 44.2 Å². The molecule has 0 spiro atoms. The second kappa shape index (κ2) is 11.2. The highest BCUT2D eigenvalue weighted by Gasteiger charge is 2.27. The summed E-state index contributed by atoms with van der Waals surface area (Å²) in [6.07, 6.45) is 2.95. The van der Waals surface area contributed by atoms with Gasteiger partial charge in [-0.25, -0.2) is 23.7 Å². The normalized spacial score (nSPS) is 16.7. The van der Waals surface area contributed by atoms with Gasteiger partial charge in [0.15, 0.2) is 5.82 Å². The molecule has 0 saturated carbocycles. The Morgan fingerprint density at radius 1 is 0.921 bits per heavy atom. The van der Waals surface area contributed by atoms with E-state index in [1.54, 1.807) is 0 Å². The lowest BCUT2D eigenvalue weighted by Gasteiger charge is -2.39. The smallest absolute Gasteiger partial charge is 0.229 e. The van der Waals surface area contributed by atoms with E-state index in [0.29, 0.717) is 17.1 Å². The van der Waals surface area contributed by atoms with Gasteiger partial charge < -0.3 is 20.0 Å². The molecule has 202 valence electrons. The van der Waals surface area contributed by atoms with Gasteiger partial charge in [0.25, 0.3) is 0 Å². The number of anilines is 4. The third-order valence-corrected chi connectivity index (χ3v) is 7.43. The summed E-state index contributed by atoms with van der Waals surface area (Å²) >= 11 is 0. The topological polar surface area (TPSA) is 63.7 Å². The summed E-state index contributed by atoms with van der Waals surface area (Å²) in [5, 5.41) is 3.06. The lowest BCUT2D eigenvalue weighted by Crippen LogP contribution is -2.45. The van der Waals surface area contributed by atoms with E-state index in [1.807, 2.05) is 36.3 Å². The van der Waals surface area contributed by atoms with Crippen LogP contribution in [-0.2, 0) is 6.54 Å². The first kappa shape index (κ1) is 26.2. The molecule has 2 aliphatic heterocycles. The molecule has 0 unspecified atom stereocenters. The van der Waals surface area contributed by atoms with Crippen molar-refractivity contribution in [2.24, 2.45) is 0 Å². The molecule has 5 rings (SSSR count). The number of likely N-dealkylation sites (N-methyl/N-ethyl adjacent to an activating group) is 2. The molecule has 1 aromatic carbocycles. The van der Waals surface area contributed by atoms with Crippen LogP contribution >= 0.6 is 0 Å². The van der Waals surface area contributed by atoms with Crippen molar-refractivity contribution < 1.29 is 8.78 Å². The predicted molar refractivity (Wildman–Crippen MR) is 148 cm³/mol. The SMILES string of the molecule is CCN1CCN(Cc2ccc(Nc3ncc(F)c(-c4cc(F)c5c(c4)N(C(C)C)CCN5C)n3)nc2)CC1. The highest BCUT2D eigenvalue weighted by molar-refractivity contribution is 5.80. The summed E-state index contributed by atoms with van der Waals surface area (Å²) in [5.74, 6) is -0.243. The Balaban J connectivity index is 1.34. The van der Waals surface area contributed by atoms with Crippen LogP contribution in [-0.4, -0.2) is 83.7 Å². The molecule has 2 aromatic heterocycles. The molecule has 3 aromatic rings. The first-order chi connectivity index (χ1) is 18.3. The largest absolute Gasteiger partial charge is 0.369 e. The summed E-state index contributed by atoms with van der Waals surface area (Å²) in [5.41, 5.74) is 2.81. The van der Waals surface area contributed by atoms with Crippen LogP contribution in [0.1, 0.15) is 26.3 Å². The highest BCUT2D eigenvalue weighted by atomic mass is 19.1. The monoisotopic (exact) mass is 522 g/mol. The lowest BCUT2D eigenvalue weighted by atomic mass is 10.0. The zero-order chi connectivity index (χ0) is 26.8. The Bertz CT molecular complexity index is 1260. The summed E-state index contributed by atoms with van der Waals surface area (Å²) in [6.45, 7) is 14.1. The fourth-order valence-corrected chi connectivity index (χ4v) is 5.20. The third kappa shape index (κ3) is 5.56. The number of nitrogens with zero attached hydrogens (tertiary/aromatic N) is 7. The number of hydrogen-bond donors (Lipinski definition) is 1. The number of rotatable bonds is 7. The van der Waals surface area contributed by atoms with Crippen LogP contribution in [0.25, 0.3) is 11.3 Å². The van der Waals surface area contributed by atoms with Crippen LogP contribution in [0, 0.1) is 11.6 Å². The second-order valence-electron chi connectivity index (χ2n) is 10.3. The number of halogens is 2. The van der Waals surface area contributed by atoms with Gasteiger partial charge in [0.2, 0.25) is 5.95 Å². The molecule has 2 aliphatic rings. The Morgan fingerprint density at radius 2 is 1.68 bits per heavy atom. The Hall–Kier alpha value is -3.37. The minimum atomic E-state index is -0.610. The van der Waals surface area contributed by atoms with Gasteiger partial charge >= 0.3 is 0 Å². The maximum Gasteiger partial charge on any atom is 0.229 e. The molecule has 0 amide bonds. The van der Waals surface area contributed by atoms with Crippen LogP contribution in [0.3, 0.4) is 0 Å². The molecule has 0 bridgehead atoms. The van der Waals surface area contributed by atoms with Gasteiger partial charge in [0, 0.05) is 70.7 Å². The average Bonchev–Trinajstić information content (AvgIpc) is 2.91. The number of pyridine rings is 1. The van der Waals surface area contributed by atoms with Crippen LogP contribution in [0.15, 0.2) is 36.7 Å². The Labute approximate surface area is 223 Å². The van der Waals surface area contributed by atoms with E-state index < -0.39 is 11.6 Å². The Morgan fingerprint density at radius 3 is 2.37 bits per heavy atom. The van der Waals surface area contributed by atoms with Crippen LogP contribution in [0.2, 0.25) is 0 Å². The Kier molecular flexibility index (Phi) is 7.71. The predicted octanol–water partition coefficient (Wildman–Crippen LogP) is 4.36. The molecule has 0 aliphatic carbocycles. The fourth-order valence-electron chi connectivity index (χ4n) is 5.20. The number of hydrogen-bond acceptors (Lipinski definition) is 8. The van der Waals surface area contributed by atoms with Crippen molar-refractivity contribution in [1.82, 2.24) is 24.8 Å². The maximum absolute atomic E-state index is 15.3. The number of nitrogens with one attached hydrogen (secondary N) is 1. The molecule has 1 saturated heterocycles. The minimum Gasteiger partial charge on any atom is -0.369 e. The summed E-state index contributed by atoms with van der Waals surface area (Å²) in [7, 11) is 1.87. The van der Waals surface area contributed by atoms with E-state index in [-0.39, 0.29) is 17.7 Å².